The van der Waals surface area contributed by atoms with E-state index in [1.54, 1.807) is 7.11 Å². The van der Waals surface area contributed by atoms with E-state index < -0.39 is 6.10 Å². The number of methoxy groups -OCH3 is 1. The predicted octanol–water partition coefficient (Wildman–Crippen LogP) is 2.44. The zero-order chi connectivity index (χ0) is 16.7. The Kier molecular flexibility index (Phi) is 6.63. The molecule has 0 fully saturated rings. The van der Waals surface area contributed by atoms with E-state index in [-0.39, 0.29) is 5.92 Å². The number of benzene rings is 2. The minimum Gasteiger partial charge on any atom is -0.497 e. The molecule has 2 atom stereocenters. The monoisotopic (exact) mass is 314 g/mol. The molecule has 0 amide bonds. The van der Waals surface area contributed by atoms with E-state index in [0.717, 1.165) is 30.9 Å². The van der Waals surface area contributed by atoms with Crippen LogP contribution in [-0.4, -0.2) is 31.9 Å². The van der Waals surface area contributed by atoms with Crippen molar-refractivity contribution in [1.82, 2.24) is 0 Å². The van der Waals surface area contributed by atoms with Crippen LogP contribution >= 0.6 is 0 Å². The van der Waals surface area contributed by atoms with Crippen molar-refractivity contribution >= 4 is 0 Å². The van der Waals surface area contributed by atoms with Crippen LogP contribution in [-0.2, 0) is 0 Å². The maximum atomic E-state index is 11.0. The lowest BCUT2D eigenvalue weighted by atomic mass is 9.88. The first-order valence-corrected chi connectivity index (χ1v) is 8.40. The second-order valence-electron chi connectivity index (χ2n) is 5.90. The number of hydrogen-bond acceptors (Lipinski definition) is 2. The van der Waals surface area contributed by atoms with E-state index in [9.17, 15) is 5.11 Å². The van der Waals surface area contributed by atoms with Crippen molar-refractivity contribution in [2.45, 2.75) is 25.9 Å². The molecule has 23 heavy (non-hydrogen) atoms. The number of quaternary nitrogens is 1. The van der Waals surface area contributed by atoms with Crippen LogP contribution in [0.5, 0.6) is 5.75 Å². The highest BCUT2D eigenvalue weighted by molar-refractivity contribution is 5.31. The predicted molar refractivity (Wildman–Crippen MR) is 94.0 cm³/mol. The second kappa shape index (κ2) is 8.70. The summed E-state index contributed by atoms with van der Waals surface area (Å²) in [5.41, 5.74) is 2.13. The van der Waals surface area contributed by atoms with E-state index >= 15 is 0 Å². The van der Waals surface area contributed by atoms with Gasteiger partial charge in [0.05, 0.1) is 38.8 Å². The van der Waals surface area contributed by atoms with E-state index in [2.05, 4.69) is 26.0 Å². The van der Waals surface area contributed by atoms with Crippen molar-refractivity contribution in [3.05, 3.63) is 65.7 Å². The maximum Gasteiger partial charge on any atom is 0.118 e. The van der Waals surface area contributed by atoms with Gasteiger partial charge in [0, 0.05) is 0 Å². The summed E-state index contributed by atoms with van der Waals surface area (Å²) in [6, 6.07) is 18.1. The molecular weight excluding hydrogens is 286 g/mol. The number of ether oxygens (including phenoxy) is 1. The van der Waals surface area contributed by atoms with Crippen molar-refractivity contribution in [1.29, 1.82) is 0 Å². The summed E-state index contributed by atoms with van der Waals surface area (Å²) in [7, 11) is 1.65. The zero-order valence-electron chi connectivity index (χ0n) is 14.3. The Hall–Kier alpha value is -1.84. The van der Waals surface area contributed by atoms with Gasteiger partial charge >= 0.3 is 0 Å². The van der Waals surface area contributed by atoms with Gasteiger partial charge in [-0.25, -0.2) is 0 Å². The fourth-order valence-corrected chi connectivity index (χ4v) is 3.00. The Bertz CT molecular complexity index is 564. The summed E-state index contributed by atoms with van der Waals surface area (Å²) in [5.74, 6) is 0.895. The summed E-state index contributed by atoms with van der Waals surface area (Å²) < 4.78 is 5.21. The fourth-order valence-electron chi connectivity index (χ4n) is 3.00. The minimum absolute atomic E-state index is 0.0829. The molecule has 0 aliphatic rings. The molecule has 0 saturated heterocycles. The molecule has 0 unspecified atom stereocenters. The Morgan fingerprint density at radius 3 is 2.04 bits per heavy atom. The van der Waals surface area contributed by atoms with Crippen LogP contribution in [0, 0.1) is 0 Å². The van der Waals surface area contributed by atoms with Gasteiger partial charge in [-0.3, -0.25) is 0 Å². The molecular formula is C20H28NO2+. The lowest BCUT2D eigenvalue weighted by Gasteiger charge is -2.27. The average molecular weight is 314 g/mol. The van der Waals surface area contributed by atoms with Crippen molar-refractivity contribution in [2.24, 2.45) is 0 Å². The molecule has 0 bridgehead atoms. The molecule has 2 N–H and O–H groups in total. The first-order chi connectivity index (χ1) is 11.2. The Morgan fingerprint density at radius 1 is 0.913 bits per heavy atom. The minimum atomic E-state index is -0.517. The average Bonchev–Trinajstić information content (AvgIpc) is 2.63. The largest absolute Gasteiger partial charge is 0.497 e. The molecule has 2 aromatic carbocycles. The van der Waals surface area contributed by atoms with Crippen LogP contribution in [0.15, 0.2) is 54.6 Å². The van der Waals surface area contributed by atoms with Crippen molar-refractivity contribution in [3.63, 3.8) is 0 Å². The summed E-state index contributed by atoms with van der Waals surface area (Å²) in [5, 5.41) is 11.0. The molecule has 0 heterocycles. The summed E-state index contributed by atoms with van der Waals surface area (Å²) in [6.07, 6.45) is -0.517. The molecule has 0 aliphatic carbocycles. The van der Waals surface area contributed by atoms with Gasteiger partial charge < -0.3 is 14.7 Å². The van der Waals surface area contributed by atoms with Crippen molar-refractivity contribution in [3.8, 4) is 5.75 Å². The molecule has 3 heteroatoms. The van der Waals surface area contributed by atoms with Crippen LogP contribution < -0.4 is 9.64 Å². The van der Waals surface area contributed by atoms with E-state index in [4.69, 9.17) is 4.74 Å². The number of rotatable bonds is 8. The molecule has 0 aliphatic heterocycles. The first-order valence-electron chi connectivity index (χ1n) is 8.40. The highest BCUT2D eigenvalue weighted by Gasteiger charge is 2.26. The van der Waals surface area contributed by atoms with Gasteiger partial charge in [0.25, 0.3) is 0 Å². The maximum absolute atomic E-state index is 11.0. The standard InChI is InChI=1S/C20H27NO2/c1-4-21(5-2)15-19(16-9-7-6-8-10-16)20(22)17-11-13-18(23-3)14-12-17/h6-14,19-20,22H,4-5,15H2,1-3H3/p+1/t19-,20-/m1/s1. The molecule has 0 saturated carbocycles. The third kappa shape index (κ3) is 4.57. The van der Waals surface area contributed by atoms with Crippen molar-refractivity contribution in [2.75, 3.05) is 26.7 Å². The number of hydrogen-bond donors (Lipinski definition) is 2. The molecule has 2 aromatic rings. The van der Waals surface area contributed by atoms with E-state index in [1.165, 1.54) is 10.5 Å². The topological polar surface area (TPSA) is 33.9 Å². The molecule has 0 spiro atoms. The fraction of sp³-hybridized carbons (Fsp3) is 0.400. The van der Waals surface area contributed by atoms with Gasteiger partial charge in [-0.2, -0.15) is 0 Å². The number of aliphatic hydroxyl groups excluding tert-OH is 1. The molecule has 0 aromatic heterocycles. The highest BCUT2D eigenvalue weighted by atomic mass is 16.5. The molecule has 0 radical (unpaired) electrons. The van der Waals surface area contributed by atoms with Gasteiger partial charge in [0.15, 0.2) is 0 Å². The highest BCUT2D eigenvalue weighted by Crippen LogP contribution is 2.30. The summed E-state index contributed by atoms with van der Waals surface area (Å²) in [6.45, 7) is 7.44. The second-order valence-corrected chi connectivity index (χ2v) is 5.90. The summed E-state index contributed by atoms with van der Waals surface area (Å²) in [4.78, 5) is 1.49. The molecule has 124 valence electrons. The summed E-state index contributed by atoms with van der Waals surface area (Å²) >= 11 is 0. The van der Waals surface area contributed by atoms with Gasteiger partial charge in [-0.15, -0.1) is 0 Å². The lowest BCUT2D eigenvalue weighted by Crippen LogP contribution is -3.12. The van der Waals surface area contributed by atoms with Crippen LogP contribution in [0.1, 0.15) is 37.0 Å². The Morgan fingerprint density at radius 2 is 1.52 bits per heavy atom. The molecule has 2 rings (SSSR count). The van der Waals surface area contributed by atoms with Gasteiger partial charge in [0.1, 0.15) is 5.75 Å². The third-order valence-electron chi connectivity index (χ3n) is 4.57. The van der Waals surface area contributed by atoms with Crippen LogP contribution in [0.3, 0.4) is 0 Å². The first kappa shape index (κ1) is 17.5. The lowest BCUT2D eigenvalue weighted by molar-refractivity contribution is -0.898. The molecule has 3 nitrogen and oxygen atoms in total. The van der Waals surface area contributed by atoms with Crippen molar-refractivity contribution < 1.29 is 14.7 Å². The number of nitrogens with one attached hydrogen (secondary N) is 1. The van der Waals surface area contributed by atoms with Crippen LogP contribution in [0.25, 0.3) is 0 Å². The van der Waals surface area contributed by atoms with E-state index in [0.29, 0.717) is 0 Å². The zero-order valence-corrected chi connectivity index (χ0v) is 14.3. The quantitative estimate of drug-likeness (QED) is 0.785. The van der Waals surface area contributed by atoms with Crippen LogP contribution in [0.2, 0.25) is 0 Å². The third-order valence-corrected chi connectivity index (χ3v) is 4.57. The van der Waals surface area contributed by atoms with Gasteiger partial charge in [-0.05, 0) is 37.1 Å². The van der Waals surface area contributed by atoms with Gasteiger partial charge in [0.2, 0.25) is 0 Å². The number of aliphatic hydroxyl groups is 1. The number of likely N-dealkylation sites (N-methyl/N-ethyl adjacent to an activating group) is 1. The SMILES string of the molecule is CC[NH+](CC)C[C@H](c1ccccc1)[C@H](O)c1ccc(OC)cc1. The van der Waals surface area contributed by atoms with Gasteiger partial charge in [-0.1, -0.05) is 42.5 Å². The Balaban J connectivity index is 2.27. The van der Waals surface area contributed by atoms with E-state index in [1.807, 2.05) is 42.5 Å². The normalized spacial score (nSPS) is 13.8. The smallest absolute Gasteiger partial charge is 0.118 e. The Labute approximate surface area is 139 Å². The van der Waals surface area contributed by atoms with Crippen LogP contribution in [0.4, 0.5) is 0 Å².